The van der Waals surface area contributed by atoms with Gasteiger partial charge in [0.05, 0.1) is 22.6 Å². The highest BCUT2D eigenvalue weighted by Crippen LogP contribution is 2.17. The first-order valence-electron chi connectivity index (χ1n) is 7.09. The summed E-state index contributed by atoms with van der Waals surface area (Å²) in [7, 11) is 0. The van der Waals surface area contributed by atoms with Crippen molar-refractivity contribution >= 4 is 11.6 Å². The third-order valence-corrected chi connectivity index (χ3v) is 3.48. The molecule has 1 N–H and O–H groups in total. The Bertz CT molecular complexity index is 940. The van der Waals surface area contributed by atoms with Crippen molar-refractivity contribution < 1.29 is 9.18 Å². The first-order chi connectivity index (χ1) is 11.6. The smallest absolute Gasteiger partial charge is 0.278 e. The lowest BCUT2D eigenvalue weighted by Crippen LogP contribution is -2.15. The summed E-state index contributed by atoms with van der Waals surface area (Å²) in [6, 6.07) is 14.4. The molecule has 2 aromatic carbocycles. The van der Waals surface area contributed by atoms with E-state index in [2.05, 4.69) is 15.6 Å². The molecule has 0 saturated carbocycles. The van der Waals surface area contributed by atoms with Crippen LogP contribution < -0.4 is 5.32 Å². The highest BCUT2D eigenvalue weighted by molar-refractivity contribution is 6.04. The van der Waals surface area contributed by atoms with Crippen LogP contribution in [-0.2, 0) is 0 Å². The maximum atomic E-state index is 13.0. The molecule has 7 heteroatoms. The lowest BCUT2D eigenvalue weighted by atomic mass is 10.2. The van der Waals surface area contributed by atoms with Crippen LogP contribution in [0.3, 0.4) is 0 Å². The van der Waals surface area contributed by atoms with Gasteiger partial charge in [-0.05, 0) is 43.3 Å². The van der Waals surface area contributed by atoms with Crippen LogP contribution in [0.1, 0.15) is 21.7 Å². The number of nitriles is 1. The zero-order valence-corrected chi connectivity index (χ0v) is 12.7. The molecule has 0 bridgehead atoms. The van der Waals surface area contributed by atoms with Gasteiger partial charge < -0.3 is 5.32 Å². The van der Waals surface area contributed by atoms with Gasteiger partial charge in [-0.3, -0.25) is 4.79 Å². The third kappa shape index (κ3) is 2.85. The number of aromatic nitrogens is 3. The Balaban J connectivity index is 1.89. The summed E-state index contributed by atoms with van der Waals surface area (Å²) >= 11 is 0. The Labute approximate surface area is 137 Å². The first-order valence-corrected chi connectivity index (χ1v) is 7.09. The number of carbonyl (C=O) groups excluding carboxylic acids is 1. The molecule has 3 rings (SSSR count). The molecule has 0 aliphatic heterocycles. The van der Waals surface area contributed by atoms with Crippen molar-refractivity contribution in [2.75, 3.05) is 5.32 Å². The van der Waals surface area contributed by atoms with Crippen molar-refractivity contribution in [2.24, 2.45) is 0 Å². The summed E-state index contributed by atoms with van der Waals surface area (Å²) in [5.41, 5.74) is 1.99. The molecule has 24 heavy (non-hydrogen) atoms. The molecule has 0 aliphatic rings. The predicted molar refractivity (Wildman–Crippen MR) is 85.2 cm³/mol. The maximum Gasteiger partial charge on any atom is 0.278 e. The van der Waals surface area contributed by atoms with Crippen molar-refractivity contribution in [3.8, 4) is 11.8 Å². The van der Waals surface area contributed by atoms with E-state index in [1.165, 1.54) is 16.8 Å². The van der Waals surface area contributed by atoms with Gasteiger partial charge in [-0.15, -0.1) is 5.10 Å². The number of carbonyl (C=O) groups is 1. The predicted octanol–water partition coefficient (Wildman–Crippen LogP) is 2.84. The molecule has 1 amide bonds. The van der Waals surface area contributed by atoms with Crippen molar-refractivity contribution in [1.29, 1.82) is 5.26 Å². The second-order valence-electron chi connectivity index (χ2n) is 5.02. The molecule has 1 aromatic heterocycles. The quantitative estimate of drug-likeness (QED) is 0.804. The number of nitrogens with zero attached hydrogens (tertiary/aromatic N) is 4. The number of benzene rings is 2. The minimum atomic E-state index is -0.469. The summed E-state index contributed by atoms with van der Waals surface area (Å²) < 4.78 is 14.5. The second-order valence-corrected chi connectivity index (χ2v) is 5.02. The van der Waals surface area contributed by atoms with Crippen LogP contribution in [-0.4, -0.2) is 20.9 Å². The average molecular weight is 321 g/mol. The largest absolute Gasteiger partial charge is 0.319 e. The van der Waals surface area contributed by atoms with Gasteiger partial charge in [-0.25, -0.2) is 9.07 Å². The van der Waals surface area contributed by atoms with E-state index < -0.39 is 5.91 Å². The highest BCUT2D eigenvalue weighted by Gasteiger charge is 2.18. The molecule has 0 fully saturated rings. The second kappa shape index (κ2) is 6.30. The van der Waals surface area contributed by atoms with E-state index in [9.17, 15) is 9.18 Å². The normalized spacial score (nSPS) is 10.2. The molecular weight excluding hydrogens is 309 g/mol. The molecule has 0 spiro atoms. The SMILES string of the molecule is Cc1c(C(=O)Nc2ccccc2C#N)nnn1-c1ccc(F)cc1. The van der Waals surface area contributed by atoms with Crippen LogP contribution in [0.4, 0.5) is 10.1 Å². The Morgan fingerprint density at radius 2 is 1.92 bits per heavy atom. The minimum absolute atomic E-state index is 0.132. The van der Waals surface area contributed by atoms with E-state index >= 15 is 0 Å². The molecular formula is C17H12FN5O. The topological polar surface area (TPSA) is 83.6 Å². The van der Waals surface area contributed by atoms with E-state index in [1.54, 1.807) is 43.3 Å². The number of nitrogens with one attached hydrogen (secondary N) is 1. The lowest BCUT2D eigenvalue weighted by molar-refractivity contribution is 0.102. The van der Waals surface area contributed by atoms with Crippen LogP contribution in [0.2, 0.25) is 0 Å². The van der Waals surface area contributed by atoms with Crippen LogP contribution in [0, 0.1) is 24.1 Å². The van der Waals surface area contributed by atoms with E-state index in [0.717, 1.165) is 0 Å². The van der Waals surface area contributed by atoms with E-state index in [1.807, 2.05) is 6.07 Å². The summed E-state index contributed by atoms with van der Waals surface area (Å²) in [5.74, 6) is -0.828. The van der Waals surface area contributed by atoms with Crippen molar-refractivity contribution in [2.45, 2.75) is 6.92 Å². The molecule has 0 saturated heterocycles. The summed E-state index contributed by atoms with van der Waals surface area (Å²) in [4.78, 5) is 12.4. The monoisotopic (exact) mass is 321 g/mol. The molecule has 0 aliphatic carbocycles. The number of anilines is 1. The summed E-state index contributed by atoms with van der Waals surface area (Å²) in [5, 5.41) is 19.6. The van der Waals surface area contributed by atoms with Crippen LogP contribution in [0.5, 0.6) is 0 Å². The van der Waals surface area contributed by atoms with Gasteiger partial charge in [0.15, 0.2) is 5.69 Å². The maximum absolute atomic E-state index is 13.0. The number of para-hydroxylation sites is 1. The van der Waals surface area contributed by atoms with Gasteiger partial charge in [-0.1, -0.05) is 17.3 Å². The fraction of sp³-hybridized carbons (Fsp3) is 0.0588. The number of hydrogen-bond donors (Lipinski definition) is 1. The molecule has 3 aromatic rings. The average Bonchev–Trinajstić information content (AvgIpc) is 2.98. The van der Waals surface area contributed by atoms with Crippen LogP contribution in [0.15, 0.2) is 48.5 Å². The molecule has 0 radical (unpaired) electrons. The number of rotatable bonds is 3. The molecule has 1 heterocycles. The lowest BCUT2D eigenvalue weighted by Gasteiger charge is -2.06. The zero-order valence-electron chi connectivity index (χ0n) is 12.7. The Morgan fingerprint density at radius 1 is 1.21 bits per heavy atom. The molecule has 0 atom stereocenters. The van der Waals surface area contributed by atoms with Gasteiger partial charge in [0.25, 0.3) is 5.91 Å². The van der Waals surface area contributed by atoms with Gasteiger partial charge in [0.1, 0.15) is 11.9 Å². The van der Waals surface area contributed by atoms with Crippen molar-refractivity contribution in [1.82, 2.24) is 15.0 Å². The fourth-order valence-electron chi connectivity index (χ4n) is 2.24. The number of amides is 1. The van der Waals surface area contributed by atoms with Gasteiger partial charge in [-0.2, -0.15) is 5.26 Å². The summed E-state index contributed by atoms with van der Waals surface area (Å²) in [6.07, 6.45) is 0. The van der Waals surface area contributed by atoms with E-state index in [0.29, 0.717) is 22.6 Å². The van der Waals surface area contributed by atoms with Gasteiger partial charge in [0.2, 0.25) is 0 Å². The highest BCUT2D eigenvalue weighted by atomic mass is 19.1. The first kappa shape index (κ1) is 15.4. The zero-order chi connectivity index (χ0) is 17.1. The summed E-state index contributed by atoms with van der Waals surface area (Å²) in [6.45, 7) is 1.69. The van der Waals surface area contributed by atoms with Crippen LogP contribution >= 0.6 is 0 Å². The number of hydrogen-bond acceptors (Lipinski definition) is 4. The van der Waals surface area contributed by atoms with E-state index in [-0.39, 0.29) is 11.5 Å². The Morgan fingerprint density at radius 3 is 2.62 bits per heavy atom. The van der Waals surface area contributed by atoms with Crippen molar-refractivity contribution in [3.05, 3.63) is 71.3 Å². The molecule has 0 unspecified atom stereocenters. The van der Waals surface area contributed by atoms with Gasteiger partial charge >= 0.3 is 0 Å². The number of halogens is 1. The minimum Gasteiger partial charge on any atom is -0.319 e. The third-order valence-electron chi connectivity index (χ3n) is 3.48. The Kier molecular flexibility index (Phi) is 4.03. The van der Waals surface area contributed by atoms with Gasteiger partial charge in [0, 0.05) is 0 Å². The van der Waals surface area contributed by atoms with Crippen LogP contribution in [0.25, 0.3) is 5.69 Å². The Hall–Kier alpha value is -3.53. The molecule has 118 valence electrons. The fourth-order valence-corrected chi connectivity index (χ4v) is 2.24. The standard InChI is InChI=1S/C17H12FN5O/c1-11-16(17(24)20-15-5-3-2-4-12(15)10-19)21-22-23(11)14-8-6-13(18)7-9-14/h2-9H,1H3,(H,20,24). The van der Waals surface area contributed by atoms with Crippen molar-refractivity contribution in [3.63, 3.8) is 0 Å². The molecule has 6 nitrogen and oxygen atoms in total. The van der Waals surface area contributed by atoms with E-state index in [4.69, 9.17) is 5.26 Å².